The molecule has 0 spiro atoms. The number of carbonyl (C=O) groups is 1. The highest BCUT2D eigenvalue weighted by Crippen LogP contribution is 2.37. The Kier molecular flexibility index (Phi) is 5.90. The number of pyridine rings is 1. The summed E-state index contributed by atoms with van der Waals surface area (Å²) in [7, 11) is 3.19. The average molecular weight is 420 g/mol. The molecular weight excluding hydrogens is 398 g/mol. The summed E-state index contributed by atoms with van der Waals surface area (Å²) in [5, 5.41) is 0.630. The smallest absolute Gasteiger partial charge is 0.233 e. The average Bonchev–Trinajstić information content (AvgIpc) is 3.20. The topological polar surface area (TPSA) is 64.5 Å². The third-order valence-corrected chi connectivity index (χ3v) is 5.72. The number of carbonyl (C=O) groups excluding carboxylic acids is 1. The van der Waals surface area contributed by atoms with Gasteiger partial charge in [-0.3, -0.25) is 14.7 Å². The van der Waals surface area contributed by atoms with E-state index in [2.05, 4.69) is 4.98 Å². The second-order valence-corrected chi connectivity index (χ2v) is 7.68. The fourth-order valence-corrected chi connectivity index (χ4v) is 4.15. The number of fused-ring (bicyclic) bond motifs is 1. The summed E-state index contributed by atoms with van der Waals surface area (Å²) in [5.74, 6) is 1.22. The van der Waals surface area contributed by atoms with Gasteiger partial charge in [-0.2, -0.15) is 0 Å². The molecule has 0 radical (unpaired) electrons. The van der Waals surface area contributed by atoms with Gasteiger partial charge >= 0.3 is 0 Å². The zero-order chi connectivity index (χ0) is 20.9. The molecular formula is C23H21N3O3S. The van der Waals surface area contributed by atoms with Gasteiger partial charge in [0, 0.05) is 24.5 Å². The van der Waals surface area contributed by atoms with Gasteiger partial charge in [0.2, 0.25) is 5.91 Å². The van der Waals surface area contributed by atoms with E-state index in [1.54, 1.807) is 31.5 Å². The number of nitrogens with zero attached hydrogens (tertiary/aromatic N) is 3. The molecule has 0 aliphatic carbocycles. The van der Waals surface area contributed by atoms with Crippen molar-refractivity contribution in [1.82, 2.24) is 9.97 Å². The number of anilines is 1. The molecule has 2 aromatic heterocycles. The van der Waals surface area contributed by atoms with Gasteiger partial charge in [0.05, 0.1) is 37.4 Å². The molecule has 0 bridgehead atoms. The van der Waals surface area contributed by atoms with Crippen LogP contribution in [0.25, 0.3) is 10.2 Å². The van der Waals surface area contributed by atoms with Crippen LogP contribution < -0.4 is 14.4 Å². The fraction of sp³-hybridized carbons (Fsp3) is 0.174. The predicted molar refractivity (Wildman–Crippen MR) is 118 cm³/mol. The zero-order valence-electron chi connectivity index (χ0n) is 16.7. The Hall–Kier alpha value is -3.45. The normalized spacial score (nSPS) is 10.7. The molecule has 6 nitrogen and oxygen atoms in total. The number of benzene rings is 2. The molecule has 2 aromatic carbocycles. The van der Waals surface area contributed by atoms with Crippen LogP contribution in [0.2, 0.25) is 0 Å². The minimum atomic E-state index is -0.0250. The summed E-state index contributed by atoms with van der Waals surface area (Å²) in [6.45, 7) is 0.396. The molecule has 0 N–H and O–H groups in total. The molecule has 0 aliphatic heterocycles. The van der Waals surface area contributed by atoms with Crippen LogP contribution in [-0.2, 0) is 17.8 Å². The minimum Gasteiger partial charge on any atom is -0.493 e. The highest BCUT2D eigenvalue weighted by molar-refractivity contribution is 7.22. The fourth-order valence-electron chi connectivity index (χ4n) is 3.16. The summed E-state index contributed by atoms with van der Waals surface area (Å²) >= 11 is 1.45. The SMILES string of the molecule is COc1cc2nc(N(Cc3cccnc3)C(=O)Cc3ccccc3)sc2cc1OC. The van der Waals surface area contributed by atoms with Crippen LogP contribution in [0, 0.1) is 0 Å². The quantitative estimate of drug-likeness (QED) is 0.442. The van der Waals surface area contributed by atoms with Crippen molar-refractivity contribution in [3.63, 3.8) is 0 Å². The number of amides is 1. The van der Waals surface area contributed by atoms with Crippen LogP contribution in [0.1, 0.15) is 11.1 Å². The molecule has 1 amide bonds. The lowest BCUT2D eigenvalue weighted by molar-refractivity contribution is -0.118. The van der Waals surface area contributed by atoms with Crippen molar-refractivity contribution < 1.29 is 14.3 Å². The Labute approximate surface area is 178 Å². The number of ether oxygens (including phenoxy) is 2. The molecule has 30 heavy (non-hydrogen) atoms. The molecule has 4 aromatic rings. The Bertz CT molecular complexity index is 1110. The first-order valence-corrected chi connectivity index (χ1v) is 10.3. The van der Waals surface area contributed by atoms with Gasteiger partial charge in [-0.15, -0.1) is 0 Å². The van der Waals surface area contributed by atoms with Gasteiger partial charge in [-0.25, -0.2) is 4.98 Å². The number of hydrogen-bond acceptors (Lipinski definition) is 6. The van der Waals surface area contributed by atoms with E-state index in [9.17, 15) is 4.79 Å². The van der Waals surface area contributed by atoms with Crippen LogP contribution >= 0.6 is 11.3 Å². The van der Waals surface area contributed by atoms with E-state index >= 15 is 0 Å². The van der Waals surface area contributed by atoms with Crippen LogP contribution in [0.4, 0.5) is 5.13 Å². The largest absolute Gasteiger partial charge is 0.493 e. The summed E-state index contributed by atoms with van der Waals surface area (Å²) < 4.78 is 11.7. The number of thiazole rings is 1. The van der Waals surface area contributed by atoms with Gasteiger partial charge in [-0.05, 0) is 17.2 Å². The van der Waals surface area contributed by atoms with Gasteiger partial charge in [0.15, 0.2) is 16.6 Å². The first-order chi connectivity index (χ1) is 14.7. The van der Waals surface area contributed by atoms with Crippen molar-refractivity contribution in [2.45, 2.75) is 13.0 Å². The van der Waals surface area contributed by atoms with Crippen molar-refractivity contribution in [2.75, 3.05) is 19.1 Å². The lowest BCUT2D eigenvalue weighted by Gasteiger charge is -2.20. The first kappa shape index (κ1) is 19.8. The molecule has 0 fully saturated rings. The molecule has 2 heterocycles. The van der Waals surface area contributed by atoms with Crippen molar-refractivity contribution >= 4 is 32.6 Å². The van der Waals surface area contributed by atoms with Gasteiger partial charge in [0.1, 0.15) is 0 Å². The van der Waals surface area contributed by atoms with E-state index in [0.717, 1.165) is 21.3 Å². The van der Waals surface area contributed by atoms with E-state index in [-0.39, 0.29) is 5.91 Å². The highest BCUT2D eigenvalue weighted by atomic mass is 32.1. The van der Waals surface area contributed by atoms with Crippen LogP contribution in [0.3, 0.4) is 0 Å². The summed E-state index contributed by atoms with van der Waals surface area (Å²) in [6, 6.07) is 17.3. The lowest BCUT2D eigenvalue weighted by Crippen LogP contribution is -2.31. The van der Waals surface area contributed by atoms with Crippen molar-refractivity contribution in [2.24, 2.45) is 0 Å². The third kappa shape index (κ3) is 4.26. The first-order valence-electron chi connectivity index (χ1n) is 9.43. The Morgan fingerprint density at radius 3 is 2.43 bits per heavy atom. The Morgan fingerprint density at radius 2 is 1.73 bits per heavy atom. The zero-order valence-corrected chi connectivity index (χ0v) is 17.6. The highest BCUT2D eigenvalue weighted by Gasteiger charge is 2.21. The van der Waals surface area contributed by atoms with Gasteiger partial charge < -0.3 is 9.47 Å². The van der Waals surface area contributed by atoms with E-state index in [0.29, 0.717) is 29.6 Å². The molecule has 152 valence electrons. The van der Waals surface area contributed by atoms with Gasteiger partial charge in [-0.1, -0.05) is 47.7 Å². The van der Waals surface area contributed by atoms with Crippen molar-refractivity contribution in [1.29, 1.82) is 0 Å². The maximum Gasteiger partial charge on any atom is 0.233 e. The minimum absolute atomic E-state index is 0.0250. The van der Waals surface area contributed by atoms with Crippen molar-refractivity contribution in [3.05, 3.63) is 78.1 Å². The summed E-state index contributed by atoms with van der Waals surface area (Å²) in [6.07, 6.45) is 3.78. The lowest BCUT2D eigenvalue weighted by atomic mass is 10.1. The molecule has 0 saturated heterocycles. The standard InChI is InChI=1S/C23H21N3O3S/c1-28-19-12-18-21(13-20(19)29-2)30-23(25-18)26(15-17-9-6-10-24-14-17)22(27)11-16-7-4-3-5-8-16/h3-10,12-14H,11,15H2,1-2H3. The second kappa shape index (κ2) is 8.92. The number of hydrogen-bond donors (Lipinski definition) is 0. The monoisotopic (exact) mass is 419 g/mol. The van der Waals surface area contributed by atoms with Crippen LogP contribution in [-0.4, -0.2) is 30.1 Å². The van der Waals surface area contributed by atoms with Crippen LogP contribution in [0.15, 0.2) is 67.0 Å². The van der Waals surface area contributed by atoms with E-state index in [1.165, 1.54) is 11.3 Å². The molecule has 0 aliphatic rings. The van der Waals surface area contributed by atoms with E-state index in [1.807, 2.05) is 54.6 Å². The van der Waals surface area contributed by atoms with Crippen molar-refractivity contribution in [3.8, 4) is 11.5 Å². The van der Waals surface area contributed by atoms with Crippen LogP contribution in [0.5, 0.6) is 11.5 Å². The predicted octanol–water partition coefficient (Wildman–Crippen LogP) is 4.48. The Morgan fingerprint density at radius 1 is 1.00 bits per heavy atom. The van der Waals surface area contributed by atoms with Gasteiger partial charge in [0.25, 0.3) is 0 Å². The number of methoxy groups -OCH3 is 2. The second-order valence-electron chi connectivity index (χ2n) is 6.67. The molecule has 4 rings (SSSR count). The molecule has 0 unspecified atom stereocenters. The number of aromatic nitrogens is 2. The molecule has 0 atom stereocenters. The maximum absolute atomic E-state index is 13.3. The molecule has 7 heteroatoms. The third-order valence-electron chi connectivity index (χ3n) is 4.68. The Balaban J connectivity index is 1.71. The summed E-state index contributed by atoms with van der Waals surface area (Å²) in [5.41, 5.74) is 2.66. The summed E-state index contributed by atoms with van der Waals surface area (Å²) in [4.78, 5) is 23.9. The maximum atomic E-state index is 13.3. The van der Waals surface area contributed by atoms with E-state index in [4.69, 9.17) is 14.5 Å². The van der Waals surface area contributed by atoms with E-state index < -0.39 is 0 Å². The number of rotatable bonds is 7. The molecule has 0 saturated carbocycles.